The molecular formula is C24H21N3O3. The lowest BCUT2D eigenvalue weighted by Crippen LogP contribution is -2.10. The summed E-state index contributed by atoms with van der Waals surface area (Å²) >= 11 is 0. The first-order chi connectivity index (χ1) is 14.7. The molecule has 0 aliphatic rings. The Balaban J connectivity index is 1.66. The van der Waals surface area contributed by atoms with Crippen LogP contribution in [0.15, 0.2) is 73.1 Å². The minimum absolute atomic E-state index is 0.412. The molecule has 2 heterocycles. The van der Waals surface area contributed by atoms with Crippen LogP contribution in [0.1, 0.15) is 10.4 Å². The highest BCUT2D eigenvalue weighted by atomic mass is 16.5. The predicted molar refractivity (Wildman–Crippen MR) is 116 cm³/mol. The van der Waals surface area contributed by atoms with Crippen LogP contribution in [0, 0.1) is 0 Å². The molecule has 30 heavy (non-hydrogen) atoms. The van der Waals surface area contributed by atoms with E-state index in [1.165, 1.54) is 7.11 Å². The molecule has 0 aliphatic heterocycles. The molecule has 2 N–H and O–H groups in total. The molecular weight excluding hydrogens is 378 g/mol. The first-order valence-electron chi connectivity index (χ1n) is 9.56. The zero-order chi connectivity index (χ0) is 20.9. The molecule has 0 amide bonds. The van der Waals surface area contributed by atoms with Crippen LogP contribution < -0.4 is 10.5 Å². The fraction of sp³-hybridized carbons (Fsp3) is 0.125. The van der Waals surface area contributed by atoms with Gasteiger partial charge < -0.3 is 15.2 Å². The number of rotatable bonds is 6. The number of nitrogens with zero attached hydrogens (tertiary/aromatic N) is 2. The topological polar surface area (TPSA) is 87.3 Å². The van der Waals surface area contributed by atoms with E-state index in [0.717, 1.165) is 22.4 Å². The van der Waals surface area contributed by atoms with Gasteiger partial charge in [0.25, 0.3) is 0 Å². The van der Waals surface area contributed by atoms with Crippen LogP contribution in [0.4, 0.5) is 0 Å². The van der Waals surface area contributed by atoms with Gasteiger partial charge in [0, 0.05) is 29.9 Å². The third-order valence-electron chi connectivity index (χ3n) is 4.77. The Bertz CT molecular complexity index is 1170. The van der Waals surface area contributed by atoms with Gasteiger partial charge in [0.1, 0.15) is 12.4 Å². The third kappa shape index (κ3) is 3.99. The molecule has 0 unspecified atom stereocenters. The van der Waals surface area contributed by atoms with Crippen LogP contribution >= 0.6 is 0 Å². The number of fused-ring (bicyclic) bond motifs is 1. The summed E-state index contributed by atoms with van der Waals surface area (Å²) in [5, 5.41) is 0.668. The van der Waals surface area contributed by atoms with Gasteiger partial charge in [-0.2, -0.15) is 0 Å². The van der Waals surface area contributed by atoms with Crippen LogP contribution in [0.2, 0.25) is 0 Å². The molecule has 0 spiro atoms. The smallest absolute Gasteiger partial charge is 0.338 e. The SMILES string of the molecule is COC(=O)c1cc(-c2ccc(-c3ccc(OCCN)cc3)cc2)nc2ccncc12. The summed E-state index contributed by atoms with van der Waals surface area (Å²) in [6.45, 7) is 0.983. The van der Waals surface area contributed by atoms with Crippen molar-refractivity contribution < 1.29 is 14.3 Å². The van der Waals surface area contributed by atoms with Gasteiger partial charge >= 0.3 is 5.97 Å². The molecule has 0 radical (unpaired) electrons. The molecule has 4 rings (SSSR count). The molecule has 0 saturated carbocycles. The average molecular weight is 399 g/mol. The molecule has 150 valence electrons. The second-order valence-corrected chi connectivity index (χ2v) is 6.68. The predicted octanol–water partition coefficient (Wildman–Crippen LogP) is 4.09. The normalized spacial score (nSPS) is 10.7. The highest BCUT2D eigenvalue weighted by Crippen LogP contribution is 2.28. The summed E-state index contributed by atoms with van der Waals surface area (Å²) in [4.78, 5) is 21.0. The number of hydrogen-bond acceptors (Lipinski definition) is 6. The Morgan fingerprint density at radius 2 is 1.63 bits per heavy atom. The molecule has 0 aliphatic carbocycles. The maximum atomic E-state index is 12.2. The lowest BCUT2D eigenvalue weighted by Gasteiger charge is -2.09. The van der Waals surface area contributed by atoms with E-state index >= 15 is 0 Å². The standard InChI is InChI=1S/C24H21N3O3/c1-29-24(28)20-14-23(27-22-10-12-26-15-21(20)22)18-4-2-16(3-5-18)17-6-8-19(9-7-17)30-13-11-25/h2-10,12,14-15H,11,13,25H2,1H3. The van der Waals surface area contributed by atoms with Gasteiger partial charge in [0.15, 0.2) is 0 Å². The number of carbonyl (C=O) groups excluding carboxylic acids is 1. The molecule has 0 fully saturated rings. The molecule has 0 bridgehead atoms. The maximum absolute atomic E-state index is 12.2. The minimum atomic E-state index is -0.412. The number of benzene rings is 2. The zero-order valence-electron chi connectivity index (χ0n) is 16.5. The summed E-state index contributed by atoms with van der Waals surface area (Å²) in [6.07, 6.45) is 3.28. The maximum Gasteiger partial charge on any atom is 0.338 e. The van der Waals surface area contributed by atoms with E-state index in [9.17, 15) is 4.79 Å². The number of aromatic nitrogens is 2. The van der Waals surface area contributed by atoms with E-state index < -0.39 is 5.97 Å². The van der Waals surface area contributed by atoms with E-state index in [0.29, 0.717) is 35.3 Å². The fourth-order valence-electron chi connectivity index (χ4n) is 3.25. The van der Waals surface area contributed by atoms with Crippen molar-refractivity contribution in [3.05, 3.63) is 78.6 Å². The Morgan fingerprint density at radius 3 is 2.30 bits per heavy atom. The van der Waals surface area contributed by atoms with Crippen LogP contribution in [-0.4, -0.2) is 36.2 Å². The molecule has 0 saturated heterocycles. The van der Waals surface area contributed by atoms with Crippen molar-refractivity contribution in [1.29, 1.82) is 0 Å². The third-order valence-corrected chi connectivity index (χ3v) is 4.77. The van der Waals surface area contributed by atoms with Crippen LogP contribution in [0.3, 0.4) is 0 Å². The van der Waals surface area contributed by atoms with E-state index in [-0.39, 0.29) is 0 Å². The Hall–Kier alpha value is -3.77. The van der Waals surface area contributed by atoms with E-state index in [4.69, 9.17) is 20.2 Å². The van der Waals surface area contributed by atoms with Crippen LogP contribution in [0.5, 0.6) is 5.75 Å². The van der Waals surface area contributed by atoms with Gasteiger partial charge in [-0.15, -0.1) is 0 Å². The van der Waals surface area contributed by atoms with Gasteiger partial charge in [-0.05, 0) is 35.4 Å². The van der Waals surface area contributed by atoms with Crippen molar-refractivity contribution in [1.82, 2.24) is 9.97 Å². The van der Waals surface area contributed by atoms with Crippen molar-refractivity contribution in [2.24, 2.45) is 5.73 Å². The number of nitrogens with two attached hydrogens (primary N) is 1. The van der Waals surface area contributed by atoms with Gasteiger partial charge in [0.05, 0.1) is 23.9 Å². The van der Waals surface area contributed by atoms with Gasteiger partial charge in [0.2, 0.25) is 0 Å². The largest absolute Gasteiger partial charge is 0.492 e. The highest BCUT2D eigenvalue weighted by molar-refractivity contribution is 6.04. The number of methoxy groups -OCH3 is 1. The zero-order valence-corrected chi connectivity index (χ0v) is 16.5. The molecule has 4 aromatic rings. The van der Waals surface area contributed by atoms with Crippen molar-refractivity contribution in [2.45, 2.75) is 0 Å². The van der Waals surface area contributed by atoms with Gasteiger partial charge in [-0.1, -0.05) is 36.4 Å². The monoisotopic (exact) mass is 399 g/mol. The quantitative estimate of drug-likeness (QED) is 0.492. The Kier molecular flexibility index (Phi) is 5.68. The molecule has 2 aromatic carbocycles. The van der Waals surface area contributed by atoms with Gasteiger partial charge in [-0.25, -0.2) is 9.78 Å². The van der Waals surface area contributed by atoms with Crippen LogP contribution in [0.25, 0.3) is 33.3 Å². The molecule has 6 heteroatoms. The number of carbonyl (C=O) groups is 1. The van der Waals surface area contributed by atoms with Crippen LogP contribution in [-0.2, 0) is 4.74 Å². The first kappa shape index (κ1) is 19.5. The molecule has 2 aromatic heterocycles. The summed E-state index contributed by atoms with van der Waals surface area (Å²) in [7, 11) is 1.37. The number of esters is 1. The van der Waals surface area contributed by atoms with E-state index in [1.807, 2.05) is 48.5 Å². The van der Waals surface area contributed by atoms with Crippen molar-refractivity contribution in [2.75, 3.05) is 20.3 Å². The number of ether oxygens (including phenoxy) is 2. The van der Waals surface area contributed by atoms with Gasteiger partial charge in [-0.3, -0.25) is 4.98 Å². The summed E-state index contributed by atoms with van der Waals surface area (Å²) in [5.74, 6) is 0.385. The lowest BCUT2D eigenvalue weighted by atomic mass is 10.0. The molecule has 0 atom stereocenters. The average Bonchev–Trinajstić information content (AvgIpc) is 2.82. The Morgan fingerprint density at radius 1 is 0.967 bits per heavy atom. The highest BCUT2D eigenvalue weighted by Gasteiger charge is 2.14. The summed E-state index contributed by atoms with van der Waals surface area (Å²) in [5.41, 5.74) is 10.4. The van der Waals surface area contributed by atoms with E-state index in [1.54, 1.807) is 24.5 Å². The fourth-order valence-corrected chi connectivity index (χ4v) is 3.25. The van der Waals surface area contributed by atoms with Crippen molar-refractivity contribution in [3.63, 3.8) is 0 Å². The number of pyridine rings is 2. The van der Waals surface area contributed by atoms with Crippen molar-refractivity contribution in [3.8, 4) is 28.1 Å². The lowest BCUT2D eigenvalue weighted by molar-refractivity contribution is 0.0603. The summed E-state index contributed by atoms with van der Waals surface area (Å²) < 4.78 is 10.5. The second kappa shape index (κ2) is 8.71. The number of hydrogen-bond donors (Lipinski definition) is 1. The summed E-state index contributed by atoms with van der Waals surface area (Å²) in [6, 6.07) is 19.5. The molecule has 6 nitrogen and oxygen atoms in total. The van der Waals surface area contributed by atoms with E-state index in [2.05, 4.69) is 4.98 Å². The minimum Gasteiger partial charge on any atom is -0.492 e. The Labute approximate surface area is 174 Å². The first-order valence-corrected chi connectivity index (χ1v) is 9.56. The van der Waals surface area contributed by atoms with Crippen molar-refractivity contribution >= 4 is 16.9 Å². The second-order valence-electron chi connectivity index (χ2n) is 6.68.